The average Bonchev–Trinajstić information content (AvgIpc) is 2.34. The molecule has 0 aliphatic rings. The normalized spacial score (nSPS) is 9.59. The standard InChI is InChI=1S/C11H17N3O3/c1-15-8-5-4-7(6-14-11(12)13)9(16-2)10(8)17-3/h4-5H,6H2,1-3H3,(H4,12,13,14). The summed E-state index contributed by atoms with van der Waals surface area (Å²) in [5.41, 5.74) is 11.4. The second-order valence-corrected chi connectivity index (χ2v) is 3.23. The van der Waals surface area contributed by atoms with Gasteiger partial charge in [0, 0.05) is 5.56 Å². The number of rotatable bonds is 5. The van der Waals surface area contributed by atoms with E-state index in [1.165, 1.54) is 0 Å². The summed E-state index contributed by atoms with van der Waals surface area (Å²) in [5.74, 6) is 1.72. The summed E-state index contributed by atoms with van der Waals surface area (Å²) >= 11 is 0. The lowest BCUT2D eigenvalue weighted by atomic mass is 10.1. The Morgan fingerprint density at radius 2 is 1.71 bits per heavy atom. The molecule has 1 aromatic carbocycles. The van der Waals surface area contributed by atoms with E-state index in [4.69, 9.17) is 25.7 Å². The SMILES string of the molecule is COc1ccc(CN=C(N)N)c(OC)c1OC. The highest BCUT2D eigenvalue weighted by molar-refractivity contribution is 5.75. The van der Waals surface area contributed by atoms with Crippen molar-refractivity contribution in [3.05, 3.63) is 17.7 Å². The first-order valence-corrected chi connectivity index (χ1v) is 4.97. The monoisotopic (exact) mass is 239 g/mol. The summed E-state index contributed by atoms with van der Waals surface area (Å²) in [5, 5.41) is 0. The van der Waals surface area contributed by atoms with E-state index in [0.29, 0.717) is 23.8 Å². The van der Waals surface area contributed by atoms with Gasteiger partial charge in [0.2, 0.25) is 5.75 Å². The molecule has 0 unspecified atom stereocenters. The van der Waals surface area contributed by atoms with Crippen molar-refractivity contribution in [3.8, 4) is 17.2 Å². The molecule has 94 valence electrons. The molecule has 0 fully saturated rings. The third-order valence-corrected chi connectivity index (χ3v) is 2.22. The molecule has 17 heavy (non-hydrogen) atoms. The van der Waals surface area contributed by atoms with Crippen LogP contribution in [0.5, 0.6) is 17.2 Å². The van der Waals surface area contributed by atoms with Crippen LogP contribution >= 0.6 is 0 Å². The molecule has 0 amide bonds. The van der Waals surface area contributed by atoms with Crippen LogP contribution in [-0.4, -0.2) is 27.3 Å². The first-order valence-electron chi connectivity index (χ1n) is 4.97. The number of ether oxygens (including phenoxy) is 3. The van der Waals surface area contributed by atoms with Gasteiger partial charge in [-0.15, -0.1) is 0 Å². The van der Waals surface area contributed by atoms with Gasteiger partial charge in [0.05, 0.1) is 27.9 Å². The lowest BCUT2D eigenvalue weighted by molar-refractivity contribution is 0.322. The number of methoxy groups -OCH3 is 3. The van der Waals surface area contributed by atoms with E-state index in [1.807, 2.05) is 6.07 Å². The fourth-order valence-electron chi connectivity index (χ4n) is 1.46. The van der Waals surface area contributed by atoms with Gasteiger partial charge in [-0.25, -0.2) is 4.99 Å². The summed E-state index contributed by atoms with van der Waals surface area (Å²) in [6.07, 6.45) is 0. The number of nitrogens with two attached hydrogens (primary N) is 2. The topological polar surface area (TPSA) is 92.1 Å². The summed E-state index contributed by atoms with van der Waals surface area (Å²) in [7, 11) is 4.66. The van der Waals surface area contributed by atoms with Gasteiger partial charge in [-0.3, -0.25) is 0 Å². The molecule has 0 saturated carbocycles. The van der Waals surface area contributed by atoms with Crippen molar-refractivity contribution in [2.45, 2.75) is 6.54 Å². The van der Waals surface area contributed by atoms with Crippen LogP contribution in [-0.2, 0) is 6.54 Å². The van der Waals surface area contributed by atoms with Gasteiger partial charge < -0.3 is 25.7 Å². The maximum absolute atomic E-state index is 5.29. The lowest BCUT2D eigenvalue weighted by Gasteiger charge is -2.14. The molecule has 0 saturated heterocycles. The van der Waals surface area contributed by atoms with Gasteiger partial charge in [-0.2, -0.15) is 0 Å². The van der Waals surface area contributed by atoms with E-state index in [1.54, 1.807) is 27.4 Å². The Morgan fingerprint density at radius 3 is 2.18 bits per heavy atom. The number of aliphatic imine (C=N–C) groups is 1. The molecule has 0 aliphatic heterocycles. The van der Waals surface area contributed by atoms with Crippen LogP contribution in [0.1, 0.15) is 5.56 Å². The Morgan fingerprint density at radius 1 is 1.06 bits per heavy atom. The zero-order valence-electron chi connectivity index (χ0n) is 10.2. The van der Waals surface area contributed by atoms with Crippen molar-refractivity contribution in [3.63, 3.8) is 0 Å². The predicted octanol–water partition coefficient (Wildman–Crippen LogP) is 0.486. The number of nitrogens with zero attached hydrogens (tertiary/aromatic N) is 1. The van der Waals surface area contributed by atoms with Crippen molar-refractivity contribution in [2.24, 2.45) is 16.5 Å². The third-order valence-electron chi connectivity index (χ3n) is 2.22. The number of hydrogen-bond acceptors (Lipinski definition) is 4. The predicted molar refractivity (Wildman–Crippen MR) is 65.6 cm³/mol. The molecule has 4 N–H and O–H groups in total. The molecule has 6 heteroatoms. The first kappa shape index (κ1) is 13.0. The smallest absolute Gasteiger partial charge is 0.203 e. The van der Waals surface area contributed by atoms with Gasteiger partial charge in [0.1, 0.15) is 0 Å². The summed E-state index contributed by atoms with van der Waals surface area (Å²) in [4.78, 5) is 3.93. The molecular weight excluding hydrogens is 222 g/mol. The minimum atomic E-state index is 0.0295. The summed E-state index contributed by atoms with van der Waals surface area (Å²) in [6.45, 7) is 0.325. The van der Waals surface area contributed by atoms with E-state index in [9.17, 15) is 0 Å². The van der Waals surface area contributed by atoms with Crippen molar-refractivity contribution < 1.29 is 14.2 Å². The van der Waals surface area contributed by atoms with Gasteiger partial charge in [0.25, 0.3) is 0 Å². The van der Waals surface area contributed by atoms with Gasteiger partial charge in [-0.05, 0) is 12.1 Å². The fourth-order valence-corrected chi connectivity index (χ4v) is 1.46. The van der Waals surface area contributed by atoms with Crippen molar-refractivity contribution in [2.75, 3.05) is 21.3 Å². The average molecular weight is 239 g/mol. The Kier molecular flexibility index (Phi) is 4.45. The highest BCUT2D eigenvalue weighted by atomic mass is 16.5. The Labute approximate surface area is 100 Å². The Bertz CT molecular complexity index is 415. The molecule has 0 atom stereocenters. The van der Waals surface area contributed by atoms with Crippen LogP contribution in [0, 0.1) is 0 Å². The molecule has 0 spiro atoms. The number of hydrogen-bond donors (Lipinski definition) is 2. The van der Waals surface area contributed by atoms with Gasteiger partial charge in [0.15, 0.2) is 17.5 Å². The Balaban J connectivity index is 3.18. The number of benzene rings is 1. The highest BCUT2D eigenvalue weighted by Gasteiger charge is 2.15. The zero-order valence-corrected chi connectivity index (χ0v) is 10.2. The molecule has 0 bridgehead atoms. The van der Waals surface area contributed by atoms with Crippen molar-refractivity contribution in [1.82, 2.24) is 0 Å². The maximum atomic E-state index is 5.29. The van der Waals surface area contributed by atoms with Crippen molar-refractivity contribution in [1.29, 1.82) is 0 Å². The third kappa shape index (κ3) is 2.93. The molecule has 0 aliphatic carbocycles. The molecule has 1 rings (SSSR count). The van der Waals surface area contributed by atoms with Crippen LogP contribution < -0.4 is 25.7 Å². The van der Waals surface area contributed by atoms with Crippen LogP contribution in [0.3, 0.4) is 0 Å². The second-order valence-electron chi connectivity index (χ2n) is 3.23. The molecule has 0 radical (unpaired) electrons. The first-order chi connectivity index (χ1) is 8.13. The molecule has 0 aromatic heterocycles. The largest absolute Gasteiger partial charge is 0.493 e. The maximum Gasteiger partial charge on any atom is 0.203 e. The van der Waals surface area contributed by atoms with E-state index >= 15 is 0 Å². The molecule has 1 aromatic rings. The van der Waals surface area contributed by atoms with E-state index < -0.39 is 0 Å². The van der Waals surface area contributed by atoms with Gasteiger partial charge in [-0.1, -0.05) is 0 Å². The minimum Gasteiger partial charge on any atom is -0.493 e. The van der Waals surface area contributed by atoms with Crippen molar-refractivity contribution >= 4 is 5.96 Å². The number of guanidine groups is 1. The van der Waals surface area contributed by atoms with Crippen LogP contribution in [0.4, 0.5) is 0 Å². The Hall–Kier alpha value is -2.11. The zero-order chi connectivity index (χ0) is 12.8. The summed E-state index contributed by atoms with van der Waals surface area (Å²) in [6, 6.07) is 3.60. The molecule has 0 heterocycles. The molecular formula is C11H17N3O3. The lowest BCUT2D eigenvalue weighted by Crippen LogP contribution is -2.22. The molecule has 6 nitrogen and oxygen atoms in total. The van der Waals surface area contributed by atoms with E-state index in [0.717, 1.165) is 5.56 Å². The van der Waals surface area contributed by atoms with Crippen LogP contribution in [0.2, 0.25) is 0 Å². The fraction of sp³-hybridized carbons (Fsp3) is 0.364. The van der Waals surface area contributed by atoms with Crippen LogP contribution in [0.25, 0.3) is 0 Å². The van der Waals surface area contributed by atoms with Crippen LogP contribution in [0.15, 0.2) is 17.1 Å². The van der Waals surface area contributed by atoms with E-state index in [-0.39, 0.29) is 5.96 Å². The second kappa shape index (κ2) is 5.83. The van der Waals surface area contributed by atoms with E-state index in [2.05, 4.69) is 4.99 Å². The summed E-state index contributed by atoms with van der Waals surface area (Å²) < 4.78 is 15.7. The minimum absolute atomic E-state index is 0.0295. The van der Waals surface area contributed by atoms with Gasteiger partial charge >= 0.3 is 0 Å². The quantitative estimate of drug-likeness (QED) is 0.576. The highest BCUT2D eigenvalue weighted by Crippen LogP contribution is 2.39.